The normalized spacial score (nSPS) is 10.2. The zero-order valence-corrected chi connectivity index (χ0v) is 10.1. The van der Waals surface area contributed by atoms with Crippen molar-refractivity contribution in [2.75, 3.05) is 5.33 Å². The van der Waals surface area contributed by atoms with E-state index in [0.717, 1.165) is 0 Å². The summed E-state index contributed by atoms with van der Waals surface area (Å²) >= 11 is 6.21. The number of benzene rings is 1. The van der Waals surface area contributed by atoms with E-state index in [1.807, 2.05) is 0 Å². The number of rotatable bonds is 2. The highest BCUT2D eigenvalue weighted by Gasteiger charge is 2.11. The number of hydrogen-bond acceptors (Lipinski definition) is 1. The molecule has 0 heterocycles. The van der Waals surface area contributed by atoms with E-state index in [0.29, 0.717) is 15.6 Å². The van der Waals surface area contributed by atoms with Crippen LogP contribution in [0.3, 0.4) is 0 Å². The Labute approximate surface area is 92.6 Å². The van der Waals surface area contributed by atoms with Gasteiger partial charge in [0.2, 0.25) is 0 Å². The third-order valence-corrected chi connectivity index (χ3v) is 2.84. The molecule has 0 aromatic heterocycles. The molecule has 0 amide bonds. The molecule has 0 aliphatic carbocycles. The Morgan fingerprint density at radius 1 is 1.54 bits per heavy atom. The van der Waals surface area contributed by atoms with Gasteiger partial charge < -0.3 is 0 Å². The topological polar surface area (TPSA) is 17.1 Å². The van der Waals surface area contributed by atoms with Gasteiger partial charge in [0, 0.05) is 10.0 Å². The Kier molecular flexibility index (Phi) is 3.62. The van der Waals surface area contributed by atoms with Gasteiger partial charge in [0.1, 0.15) is 5.82 Å². The van der Waals surface area contributed by atoms with Gasteiger partial charge >= 0.3 is 0 Å². The van der Waals surface area contributed by atoms with Crippen molar-refractivity contribution in [2.24, 2.45) is 0 Å². The molecule has 0 unspecified atom stereocenters. The molecule has 0 aliphatic heterocycles. The van der Waals surface area contributed by atoms with E-state index in [-0.39, 0.29) is 16.9 Å². The molecule has 0 bridgehead atoms. The van der Waals surface area contributed by atoms with Gasteiger partial charge in [0.25, 0.3) is 0 Å². The first-order valence-corrected chi connectivity index (χ1v) is 5.52. The molecule has 0 aliphatic rings. The predicted molar refractivity (Wildman–Crippen MR) is 57.0 cm³/mol. The van der Waals surface area contributed by atoms with E-state index < -0.39 is 0 Å². The fourth-order valence-electron chi connectivity index (χ4n) is 0.943. The molecule has 0 atom stereocenters. The first-order valence-electron chi connectivity index (χ1n) is 3.61. The minimum absolute atomic E-state index is 0.0602. The van der Waals surface area contributed by atoms with Crippen molar-refractivity contribution in [2.45, 2.75) is 6.92 Å². The van der Waals surface area contributed by atoms with Gasteiger partial charge in [0.15, 0.2) is 5.78 Å². The van der Waals surface area contributed by atoms with Crippen molar-refractivity contribution >= 4 is 37.6 Å². The zero-order valence-electron chi connectivity index (χ0n) is 6.90. The fourth-order valence-corrected chi connectivity index (χ4v) is 1.78. The standard InChI is InChI=1S/C9H7Br2FO/c1-5-2-6(9(13)4-10)7(11)3-8(5)12/h2-3H,4H2,1H3. The average Bonchev–Trinajstić information content (AvgIpc) is 2.10. The first kappa shape index (κ1) is 10.9. The summed E-state index contributed by atoms with van der Waals surface area (Å²) in [5.74, 6) is -0.368. The van der Waals surface area contributed by atoms with Crippen molar-refractivity contribution < 1.29 is 9.18 Å². The number of Topliss-reactive ketones (excluding diaryl/α,β-unsaturated/α-hetero) is 1. The highest BCUT2D eigenvalue weighted by Crippen LogP contribution is 2.21. The van der Waals surface area contributed by atoms with E-state index in [1.165, 1.54) is 6.07 Å². The van der Waals surface area contributed by atoms with Crippen LogP contribution in [-0.2, 0) is 0 Å². The van der Waals surface area contributed by atoms with Crippen molar-refractivity contribution in [3.8, 4) is 0 Å². The second-order valence-electron chi connectivity index (χ2n) is 2.64. The maximum Gasteiger partial charge on any atom is 0.174 e. The van der Waals surface area contributed by atoms with Crippen molar-refractivity contribution in [1.82, 2.24) is 0 Å². The minimum atomic E-state index is -0.307. The lowest BCUT2D eigenvalue weighted by molar-refractivity contribution is 0.102. The molecule has 1 nitrogen and oxygen atoms in total. The Bertz CT molecular complexity index is 350. The van der Waals surface area contributed by atoms with Crippen LogP contribution in [0.5, 0.6) is 0 Å². The number of ketones is 1. The summed E-state index contributed by atoms with van der Waals surface area (Å²) in [6.45, 7) is 1.63. The summed E-state index contributed by atoms with van der Waals surface area (Å²) in [4.78, 5) is 11.3. The van der Waals surface area contributed by atoms with Gasteiger partial charge in [-0.15, -0.1) is 0 Å². The SMILES string of the molecule is Cc1cc(C(=O)CBr)c(Br)cc1F. The summed E-state index contributed by atoms with van der Waals surface area (Å²) in [7, 11) is 0. The van der Waals surface area contributed by atoms with Crippen LogP contribution in [0.15, 0.2) is 16.6 Å². The summed E-state index contributed by atoms with van der Waals surface area (Å²) in [5, 5.41) is 0.247. The van der Waals surface area contributed by atoms with Gasteiger partial charge in [-0.3, -0.25) is 4.79 Å². The van der Waals surface area contributed by atoms with Gasteiger partial charge in [-0.2, -0.15) is 0 Å². The monoisotopic (exact) mass is 308 g/mol. The van der Waals surface area contributed by atoms with Crippen LogP contribution >= 0.6 is 31.9 Å². The average molecular weight is 310 g/mol. The van der Waals surface area contributed by atoms with Crippen molar-refractivity contribution in [3.63, 3.8) is 0 Å². The second-order valence-corrected chi connectivity index (χ2v) is 4.05. The summed E-state index contributed by atoms with van der Waals surface area (Å²) < 4.78 is 13.5. The van der Waals surface area contributed by atoms with E-state index in [1.54, 1.807) is 13.0 Å². The van der Waals surface area contributed by atoms with Crippen molar-refractivity contribution in [3.05, 3.63) is 33.5 Å². The van der Waals surface area contributed by atoms with Crippen LogP contribution in [0.1, 0.15) is 15.9 Å². The lowest BCUT2D eigenvalue weighted by Crippen LogP contribution is -2.02. The lowest BCUT2D eigenvalue weighted by Gasteiger charge is -2.03. The van der Waals surface area contributed by atoms with Gasteiger partial charge in [-0.05, 0) is 40.5 Å². The molecule has 0 saturated heterocycles. The van der Waals surface area contributed by atoms with Gasteiger partial charge in [-0.1, -0.05) is 15.9 Å². The van der Waals surface area contributed by atoms with E-state index in [4.69, 9.17) is 0 Å². The zero-order chi connectivity index (χ0) is 10.0. The maximum atomic E-state index is 13.0. The smallest absolute Gasteiger partial charge is 0.174 e. The molecule has 70 valence electrons. The van der Waals surface area contributed by atoms with E-state index in [2.05, 4.69) is 31.9 Å². The fraction of sp³-hybridized carbons (Fsp3) is 0.222. The van der Waals surface area contributed by atoms with Crippen LogP contribution in [0, 0.1) is 12.7 Å². The molecule has 4 heteroatoms. The quantitative estimate of drug-likeness (QED) is 0.604. The minimum Gasteiger partial charge on any atom is -0.293 e. The molecule has 1 aromatic rings. The first-order chi connectivity index (χ1) is 6.06. The second kappa shape index (κ2) is 4.33. The van der Waals surface area contributed by atoms with Gasteiger partial charge in [-0.25, -0.2) is 4.39 Å². The molecule has 0 spiro atoms. The Morgan fingerprint density at radius 3 is 2.69 bits per heavy atom. The van der Waals surface area contributed by atoms with E-state index >= 15 is 0 Å². The van der Waals surface area contributed by atoms with Crippen LogP contribution in [-0.4, -0.2) is 11.1 Å². The summed E-state index contributed by atoms with van der Waals surface area (Å²) in [5.41, 5.74) is 0.989. The molecule has 0 radical (unpaired) electrons. The highest BCUT2D eigenvalue weighted by molar-refractivity contribution is 9.10. The van der Waals surface area contributed by atoms with Crippen LogP contribution in [0.25, 0.3) is 0 Å². The van der Waals surface area contributed by atoms with Crippen LogP contribution < -0.4 is 0 Å². The predicted octanol–water partition coefficient (Wildman–Crippen LogP) is 3.47. The molecule has 0 saturated carbocycles. The highest BCUT2D eigenvalue weighted by atomic mass is 79.9. The Hall–Kier alpha value is -0.220. The van der Waals surface area contributed by atoms with Gasteiger partial charge in [0.05, 0.1) is 5.33 Å². The maximum absolute atomic E-state index is 13.0. The Balaban J connectivity index is 3.23. The van der Waals surface area contributed by atoms with Crippen LogP contribution in [0.2, 0.25) is 0 Å². The molecule has 1 rings (SSSR count). The van der Waals surface area contributed by atoms with E-state index in [9.17, 15) is 9.18 Å². The molecule has 0 fully saturated rings. The molecule has 0 N–H and O–H groups in total. The summed E-state index contributed by atoms with van der Waals surface area (Å²) in [6, 6.07) is 2.86. The molecular weight excluding hydrogens is 303 g/mol. The third-order valence-electron chi connectivity index (χ3n) is 1.67. The molecular formula is C9H7Br2FO. The molecule has 13 heavy (non-hydrogen) atoms. The van der Waals surface area contributed by atoms with Crippen molar-refractivity contribution in [1.29, 1.82) is 0 Å². The van der Waals surface area contributed by atoms with Crippen LogP contribution in [0.4, 0.5) is 4.39 Å². The number of hydrogen-bond donors (Lipinski definition) is 0. The largest absolute Gasteiger partial charge is 0.293 e. The Morgan fingerprint density at radius 2 is 2.15 bits per heavy atom. The molecule has 1 aromatic carbocycles. The number of carbonyl (C=O) groups excluding carboxylic acids is 1. The number of halogens is 3. The summed E-state index contributed by atoms with van der Waals surface area (Å²) in [6.07, 6.45) is 0. The number of aryl methyl sites for hydroxylation is 1. The lowest BCUT2D eigenvalue weighted by atomic mass is 10.1. The number of carbonyl (C=O) groups is 1. The third kappa shape index (κ3) is 2.38. The number of alkyl halides is 1.